The molecule has 2 aromatic rings. The third-order valence-electron chi connectivity index (χ3n) is 3.23. The maximum absolute atomic E-state index is 12.0. The van der Waals surface area contributed by atoms with Crippen LogP contribution in [-0.2, 0) is 9.59 Å². The fourth-order valence-electron chi connectivity index (χ4n) is 2.18. The number of imide groups is 1. The van der Waals surface area contributed by atoms with Crippen LogP contribution in [0.4, 0.5) is 4.79 Å². The smallest absolute Gasteiger partial charge is 0.329 e. The zero-order valence-corrected chi connectivity index (χ0v) is 11.9. The van der Waals surface area contributed by atoms with E-state index in [4.69, 9.17) is 9.52 Å². The number of amides is 3. The van der Waals surface area contributed by atoms with E-state index < -0.39 is 24.5 Å². The molecule has 7 nitrogen and oxygen atoms in total. The van der Waals surface area contributed by atoms with Gasteiger partial charge in [-0.25, -0.2) is 9.69 Å². The number of carboxylic acid groups (broad SMARTS) is 1. The van der Waals surface area contributed by atoms with E-state index in [1.165, 1.54) is 6.08 Å². The van der Waals surface area contributed by atoms with E-state index >= 15 is 0 Å². The number of carbonyl (C=O) groups excluding carboxylic acids is 2. The number of carbonyl (C=O) groups is 3. The molecule has 7 heteroatoms. The average Bonchev–Trinajstić information content (AvgIpc) is 3.09. The van der Waals surface area contributed by atoms with E-state index in [1.807, 2.05) is 30.3 Å². The number of nitrogens with one attached hydrogen (secondary N) is 1. The van der Waals surface area contributed by atoms with Gasteiger partial charge in [-0.05, 0) is 12.1 Å². The highest BCUT2D eigenvalue weighted by Crippen LogP contribution is 2.23. The first-order chi connectivity index (χ1) is 11.0. The summed E-state index contributed by atoms with van der Waals surface area (Å²) in [6.07, 6.45) is 1.37. The van der Waals surface area contributed by atoms with E-state index in [2.05, 4.69) is 5.32 Å². The number of furan rings is 1. The van der Waals surface area contributed by atoms with Crippen LogP contribution in [-0.4, -0.2) is 34.5 Å². The molecule has 0 spiro atoms. The fourth-order valence-corrected chi connectivity index (χ4v) is 2.18. The van der Waals surface area contributed by atoms with Crippen molar-refractivity contribution >= 4 is 24.0 Å². The Morgan fingerprint density at radius 1 is 1.17 bits per heavy atom. The van der Waals surface area contributed by atoms with Crippen molar-refractivity contribution < 1.29 is 23.9 Å². The number of rotatable bonds is 4. The zero-order chi connectivity index (χ0) is 16.4. The van der Waals surface area contributed by atoms with E-state index in [9.17, 15) is 14.4 Å². The standard InChI is InChI=1S/C16H12N2O5/c19-14(20)9-18-15(21)12(17-16(18)22)8-11-6-7-13(23-11)10-4-2-1-3-5-10/h1-8H,9H2,(H,17,22)(H,19,20)/b12-8+. The van der Waals surface area contributed by atoms with Gasteiger partial charge in [0.2, 0.25) is 0 Å². The van der Waals surface area contributed by atoms with Crippen molar-refractivity contribution in [2.75, 3.05) is 6.54 Å². The van der Waals surface area contributed by atoms with Crippen LogP contribution in [0.5, 0.6) is 0 Å². The van der Waals surface area contributed by atoms with Crippen LogP contribution in [0.3, 0.4) is 0 Å². The minimum atomic E-state index is -1.26. The quantitative estimate of drug-likeness (QED) is 0.663. The molecule has 1 aliphatic rings. The van der Waals surface area contributed by atoms with E-state index in [1.54, 1.807) is 12.1 Å². The first-order valence-corrected chi connectivity index (χ1v) is 6.76. The number of hydrogen-bond donors (Lipinski definition) is 2. The molecule has 0 atom stereocenters. The van der Waals surface area contributed by atoms with Gasteiger partial charge < -0.3 is 14.8 Å². The summed E-state index contributed by atoms with van der Waals surface area (Å²) in [5.74, 6) is -0.963. The van der Waals surface area contributed by atoms with Gasteiger partial charge in [-0.15, -0.1) is 0 Å². The summed E-state index contributed by atoms with van der Waals surface area (Å²) >= 11 is 0. The highest BCUT2D eigenvalue weighted by Gasteiger charge is 2.35. The molecule has 1 aromatic heterocycles. The van der Waals surface area contributed by atoms with E-state index in [0.29, 0.717) is 16.4 Å². The molecule has 0 unspecified atom stereocenters. The summed E-state index contributed by atoms with van der Waals surface area (Å²) in [6.45, 7) is -0.685. The lowest BCUT2D eigenvalue weighted by atomic mass is 10.2. The molecule has 2 N–H and O–H groups in total. The second-order valence-corrected chi connectivity index (χ2v) is 4.84. The monoisotopic (exact) mass is 312 g/mol. The molecule has 2 heterocycles. The van der Waals surface area contributed by atoms with Gasteiger partial charge in [0.15, 0.2) is 0 Å². The fraction of sp³-hybridized carbons (Fsp3) is 0.0625. The number of aliphatic carboxylic acids is 1. The van der Waals surface area contributed by atoms with Crippen molar-refractivity contribution in [2.45, 2.75) is 0 Å². The van der Waals surface area contributed by atoms with E-state index in [-0.39, 0.29) is 5.70 Å². The molecule has 1 aromatic carbocycles. The van der Waals surface area contributed by atoms with E-state index in [0.717, 1.165) is 5.56 Å². The Balaban J connectivity index is 1.83. The Morgan fingerprint density at radius 2 is 1.91 bits per heavy atom. The van der Waals surface area contributed by atoms with Gasteiger partial charge in [0.05, 0.1) is 0 Å². The second kappa shape index (κ2) is 5.80. The molecular formula is C16H12N2O5. The van der Waals surface area contributed by atoms with Gasteiger partial charge in [-0.1, -0.05) is 30.3 Å². The van der Waals surface area contributed by atoms with Gasteiger partial charge in [0.1, 0.15) is 23.8 Å². The maximum atomic E-state index is 12.0. The Morgan fingerprint density at radius 3 is 2.61 bits per heavy atom. The van der Waals surface area contributed by atoms with Crippen LogP contribution in [0, 0.1) is 0 Å². The minimum Gasteiger partial charge on any atom is -0.480 e. The largest absolute Gasteiger partial charge is 0.480 e. The molecule has 0 radical (unpaired) electrons. The first-order valence-electron chi connectivity index (χ1n) is 6.76. The maximum Gasteiger partial charge on any atom is 0.329 e. The summed E-state index contributed by atoms with van der Waals surface area (Å²) in [4.78, 5) is 34.9. The summed E-state index contributed by atoms with van der Waals surface area (Å²) in [5, 5.41) is 11.0. The van der Waals surface area contributed by atoms with Crippen LogP contribution < -0.4 is 5.32 Å². The summed E-state index contributed by atoms with van der Waals surface area (Å²) in [5.41, 5.74) is 0.858. The van der Waals surface area contributed by atoms with Gasteiger partial charge in [-0.3, -0.25) is 9.59 Å². The summed E-state index contributed by atoms with van der Waals surface area (Å²) in [6, 6.07) is 12.0. The first kappa shape index (κ1) is 14.6. The third kappa shape index (κ3) is 2.98. The van der Waals surface area contributed by atoms with Gasteiger partial charge in [0, 0.05) is 11.6 Å². The lowest BCUT2D eigenvalue weighted by molar-refractivity contribution is -0.140. The predicted octanol–water partition coefficient (Wildman–Crippen LogP) is 1.92. The Labute approximate surface area is 130 Å². The molecule has 1 aliphatic heterocycles. The second-order valence-electron chi connectivity index (χ2n) is 4.84. The molecule has 1 saturated heterocycles. The molecule has 0 bridgehead atoms. The van der Waals surface area contributed by atoms with Crippen molar-refractivity contribution in [1.82, 2.24) is 10.2 Å². The number of hydrogen-bond acceptors (Lipinski definition) is 4. The Kier molecular flexibility index (Phi) is 3.68. The molecule has 3 amide bonds. The SMILES string of the molecule is O=C(O)CN1C(=O)N/C(=C/c2ccc(-c3ccccc3)o2)C1=O. The number of nitrogens with zero attached hydrogens (tertiary/aromatic N) is 1. The van der Waals surface area contributed by atoms with Crippen LogP contribution in [0.2, 0.25) is 0 Å². The van der Waals surface area contributed by atoms with Crippen molar-refractivity contribution in [3.63, 3.8) is 0 Å². The number of urea groups is 1. The van der Waals surface area contributed by atoms with Crippen LogP contribution >= 0.6 is 0 Å². The van der Waals surface area contributed by atoms with Gasteiger partial charge in [-0.2, -0.15) is 0 Å². The van der Waals surface area contributed by atoms with Gasteiger partial charge >= 0.3 is 12.0 Å². The van der Waals surface area contributed by atoms with Crippen LogP contribution in [0.25, 0.3) is 17.4 Å². The lowest BCUT2D eigenvalue weighted by Gasteiger charge is -2.06. The molecule has 23 heavy (non-hydrogen) atoms. The molecule has 0 aliphatic carbocycles. The van der Waals surface area contributed by atoms with Crippen molar-refractivity contribution in [3.8, 4) is 11.3 Å². The Hall–Kier alpha value is -3.35. The highest BCUT2D eigenvalue weighted by atomic mass is 16.4. The van der Waals surface area contributed by atoms with Crippen molar-refractivity contribution in [2.24, 2.45) is 0 Å². The molecule has 1 fully saturated rings. The average molecular weight is 312 g/mol. The molecular weight excluding hydrogens is 300 g/mol. The topological polar surface area (TPSA) is 99.8 Å². The summed E-state index contributed by atoms with van der Waals surface area (Å²) in [7, 11) is 0. The zero-order valence-electron chi connectivity index (χ0n) is 11.9. The number of benzene rings is 1. The predicted molar refractivity (Wildman–Crippen MR) is 80.0 cm³/mol. The van der Waals surface area contributed by atoms with Crippen molar-refractivity contribution in [3.05, 3.63) is 53.9 Å². The Bertz CT molecular complexity index is 807. The molecule has 0 saturated carbocycles. The summed E-state index contributed by atoms with van der Waals surface area (Å²) < 4.78 is 5.62. The van der Waals surface area contributed by atoms with Crippen molar-refractivity contribution in [1.29, 1.82) is 0 Å². The van der Waals surface area contributed by atoms with Crippen LogP contribution in [0.15, 0.2) is 52.6 Å². The van der Waals surface area contributed by atoms with Crippen LogP contribution in [0.1, 0.15) is 5.76 Å². The lowest BCUT2D eigenvalue weighted by Crippen LogP contribution is -2.35. The molecule has 3 rings (SSSR count). The normalized spacial score (nSPS) is 16.0. The van der Waals surface area contributed by atoms with Gasteiger partial charge in [0.25, 0.3) is 5.91 Å². The molecule has 116 valence electrons. The number of carboxylic acids is 1. The minimum absolute atomic E-state index is 0.0230. The highest BCUT2D eigenvalue weighted by molar-refractivity contribution is 6.14. The third-order valence-corrected chi connectivity index (χ3v) is 3.23.